The van der Waals surface area contributed by atoms with Gasteiger partial charge in [0.15, 0.2) is 0 Å². The Bertz CT molecular complexity index is 323. The molecule has 0 N–H and O–H groups in total. The number of nitrogens with zero attached hydrogens (tertiary/aromatic N) is 2. The second-order valence-corrected chi connectivity index (χ2v) is 4.94. The molecule has 0 aliphatic carbocycles. The van der Waals surface area contributed by atoms with Crippen molar-refractivity contribution >= 4 is 62.8 Å². The Morgan fingerprint density at radius 1 is 1.36 bits per heavy atom. The molecule has 0 spiro atoms. The van der Waals surface area contributed by atoms with Crippen LogP contribution in [0.1, 0.15) is 6.92 Å². The summed E-state index contributed by atoms with van der Waals surface area (Å²) >= 11 is 7.03. The predicted octanol–water partition coefficient (Wildman–Crippen LogP) is 1.06. The quantitative estimate of drug-likeness (QED) is 0.528. The van der Waals surface area contributed by atoms with Crippen molar-refractivity contribution in [2.45, 2.75) is 6.92 Å². The second-order valence-electron chi connectivity index (χ2n) is 2.38. The van der Waals surface area contributed by atoms with E-state index in [1.54, 1.807) is 0 Å². The van der Waals surface area contributed by atoms with E-state index in [0.717, 1.165) is 16.9 Å². The van der Waals surface area contributed by atoms with Crippen LogP contribution in [0.25, 0.3) is 0 Å². The van der Waals surface area contributed by atoms with Gasteiger partial charge in [-0.3, -0.25) is 9.59 Å². The largest absolute Gasteiger partial charge is 0.318 e. The fourth-order valence-electron chi connectivity index (χ4n) is 0.818. The van der Waals surface area contributed by atoms with Gasteiger partial charge in [-0.25, -0.2) is 0 Å². The van der Waals surface area contributed by atoms with E-state index in [1.165, 1.54) is 4.41 Å². The Hall–Kier alpha value is 0.215. The SMILES string of the molecule is [BH]N1C(=O)C(Br)=C(Br)C(=O)SN1CC. The van der Waals surface area contributed by atoms with Crippen molar-refractivity contribution in [1.82, 2.24) is 9.33 Å². The number of hydrazine groups is 1. The molecule has 0 unspecified atom stereocenters. The van der Waals surface area contributed by atoms with Crippen LogP contribution in [0.3, 0.4) is 0 Å². The Kier molecular flexibility index (Phi) is 4.23. The molecule has 4 nitrogen and oxygen atoms in total. The van der Waals surface area contributed by atoms with Crippen molar-refractivity contribution < 1.29 is 9.59 Å². The molecular formula is C6H6BBr2N2O2S. The molecule has 0 aromatic heterocycles. The zero-order chi connectivity index (χ0) is 10.9. The van der Waals surface area contributed by atoms with Gasteiger partial charge in [-0.2, -0.15) is 4.41 Å². The highest BCUT2D eigenvalue weighted by Crippen LogP contribution is 2.31. The van der Waals surface area contributed by atoms with E-state index in [-0.39, 0.29) is 20.0 Å². The Morgan fingerprint density at radius 2 is 1.93 bits per heavy atom. The molecule has 1 aliphatic heterocycles. The average Bonchev–Trinajstić information content (AvgIpc) is 2.25. The Morgan fingerprint density at radius 3 is 2.43 bits per heavy atom. The maximum atomic E-state index is 11.6. The van der Waals surface area contributed by atoms with Gasteiger partial charge in [0, 0.05) is 18.5 Å². The van der Waals surface area contributed by atoms with Gasteiger partial charge in [-0.05, 0) is 38.8 Å². The van der Waals surface area contributed by atoms with E-state index in [1.807, 2.05) is 6.92 Å². The van der Waals surface area contributed by atoms with Crippen LogP contribution in [-0.2, 0) is 9.59 Å². The van der Waals surface area contributed by atoms with Gasteiger partial charge >= 0.3 is 0 Å². The van der Waals surface area contributed by atoms with Crippen LogP contribution in [-0.4, -0.2) is 34.9 Å². The summed E-state index contributed by atoms with van der Waals surface area (Å²) in [5, 5.41) is -0.224. The van der Waals surface area contributed by atoms with Crippen LogP contribution in [0, 0.1) is 0 Å². The molecule has 8 heteroatoms. The van der Waals surface area contributed by atoms with Crippen molar-refractivity contribution in [3.05, 3.63) is 8.96 Å². The number of hydrogen-bond acceptors (Lipinski definition) is 4. The summed E-state index contributed by atoms with van der Waals surface area (Å²) in [6, 6.07) is 0. The summed E-state index contributed by atoms with van der Waals surface area (Å²) in [5.41, 5.74) is 0. The first-order chi connectivity index (χ1) is 6.49. The van der Waals surface area contributed by atoms with Crippen LogP contribution in [0.5, 0.6) is 0 Å². The monoisotopic (exact) mass is 339 g/mol. The lowest BCUT2D eigenvalue weighted by molar-refractivity contribution is -0.127. The van der Waals surface area contributed by atoms with E-state index in [4.69, 9.17) is 0 Å². The molecule has 14 heavy (non-hydrogen) atoms. The summed E-state index contributed by atoms with van der Waals surface area (Å²) in [6.45, 7) is 2.35. The molecule has 1 radical (unpaired) electrons. The molecule has 0 aromatic rings. The van der Waals surface area contributed by atoms with E-state index in [9.17, 15) is 9.59 Å². The highest BCUT2D eigenvalue weighted by Gasteiger charge is 2.29. The van der Waals surface area contributed by atoms with E-state index >= 15 is 0 Å². The first-order valence-corrected chi connectivity index (χ1v) is 6.05. The van der Waals surface area contributed by atoms with Gasteiger partial charge in [0.25, 0.3) is 13.9 Å². The third-order valence-corrected chi connectivity index (χ3v) is 4.85. The van der Waals surface area contributed by atoms with Crippen molar-refractivity contribution in [1.29, 1.82) is 0 Å². The number of rotatable bonds is 1. The second kappa shape index (κ2) is 4.83. The molecule has 0 fully saturated rings. The molecule has 1 heterocycles. The average molecular weight is 341 g/mol. The molecule has 75 valence electrons. The maximum Gasteiger partial charge on any atom is 0.264 e. The first-order valence-electron chi connectivity index (χ1n) is 3.69. The van der Waals surface area contributed by atoms with E-state index in [2.05, 4.69) is 39.8 Å². The van der Waals surface area contributed by atoms with E-state index < -0.39 is 0 Å². The molecular weight excluding hydrogens is 335 g/mol. The third kappa shape index (κ3) is 2.24. The lowest BCUT2D eigenvalue weighted by Gasteiger charge is -2.27. The summed E-state index contributed by atoms with van der Waals surface area (Å²) < 4.78 is 1.92. The lowest BCUT2D eigenvalue weighted by atomic mass is 10.3. The minimum Gasteiger partial charge on any atom is -0.318 e. The van der Waals surface area contributed by atoms with Crippen molar-refractivity contribution in [2.24, 2.45) is 0 Å². The molecule has 0 bridgehead atoms. The number of carbonyl (C=O) groups excluding carboxylic acids is 2. The van der Waals surface area contributed by atoms with Gasteiger partial charge in [0.05, 0.1) is 4.48 Å². The molecule has 0 saturated carbocycles. The van der Waals surface area contributed by atoms with E-state index in [0.29, 0.717) is 6.54 Å². The maximum absolute atomic E-state index is 11.6. The summed E-state index contributed by atoms with van der Waals surface area (Å²) in [7, 11) is 3.56. The van der Waals surface area contributed by atoms with Gasteiger partial charge in [0.2, 0.25) is 5.12 Å². The topological polar surface area (TPSA) is 40.6 Å². The Balaban J connectivity index is 3.08. The van der Waals surface area contributed by atoms with Gasteiger partial charge in [-0.15, -0.1) is 0 Å². The summed E-state index contributed by atoms with van der Waals surface area (Å²) in [4.78, 5) is 24.2. The van der Waals surface area contributed by atoms with Crippen molar-refractivity contribution in [3.63, 3.8) is 0 Å². The fraction of sp³-hybridized carbons (Fsp3) is 0.333. The Labute approximate surface area is 104 Å². The standard InChI is InChI=1S/C6H6BBr2N2O2S/c1-2-10-11(7)5(12)3(8)4(9)6(13)14-10/h7H,2H2,1H3. The number of carbonyl (C=O) groups is 2. The smallest absolute Gasteiger partial charge is 0.264 e. The normalized spacial score (nSPS) is 20.4. The molecule has 0 aromatic carbocycles. The molecule has 1 aliphatic rings. The fourth-order valence-corrected chi connectivity index (χ4v) is 2.40. The van der Waals surface area contributed by atoms with Gasteiger partial charge in [-0.1, -0.05) is 0 Å². The number of amides is 1. The third-order valence-electron chi connectivity index (χ3n) is 1.52. The van der Waals surface area contributed by atoms with Gasteiger partial charge in [0.1, 0.15) is 4.48 Å². The molecule has 0 saturated heterocycles. The summed E-state index contributed by atoms with van der Waals surface area (Å²) in [6.07, 6.45) is 0. The van der Waals surface area contributed by atoms with Crippen LogP contribution in [0.4, 0.5) is 0 Å². The van der Waals surface area contributed by atoms with Gasteiger partial charge < -0.3 is 4.92 Å². The zero-order valence-electron chi connectivity index (χ0n) is 7.29. The molecule has 1 rings (SSSR count). The molecule has 0 atom stereocenters. The zero-order valence-corrected chi connectivity index (χ0v) is 11.3. The van der Waals surface area contributed by atoms with Crippen LogP contribution in [0.15, 0.2) is 8.96 Å². The molecule has 1 amide bonds. The minimum atomic E-state index is -0.350. The van der Waals surface area contributed by atoms with Crippen LogP contribution in [0.2, 0.25) is 0 Å². The first kappa shape index (κ1) is 12.3. The predicted molar refractivity (Wildman–Crippen MR) is 63.9 cm³/mol. The number of halogens is 2. The lowest BCUT2D eigenvalue weighted by Crippen LogP contribution is -2.39. The van der Waals surface area contributed by atoms with Crippen LogP contribution >= 0.6 is 43.8 Å². The summed E-state index contributed by atoms with van der Waals surface area (Å²) in [5.74, 6) is -0.350. The van der Waals surface area contributed by atoms with Crippen molar-refractivity contribution in [3.8, 4) is 0 Å². The highest BCUT2D eigenvalue weighted by molar-refractivity contribution is 9.14. The number of hydrogen-bond donors (Lipinski definition) is 0. The van der Waals surface area contributed by atoms with Crippen molar-refractivity contribution in [2.75, 3.05) is 6.54 Å². The highest BCUT2D eigenvalue weighted by atomic mass is 79.9. The van der Waals surface area contributed by atoms with Crippen LogP contribution < -0.4 is 0 Å². The minimum absolute atomic E-state index is 0.195.